The molecule has 1 nitrogen and oxygen atoms in total. The summed E-state index contributed by atoms with van der Waals surface area (Å²) in [6.45, 7) is -0.726. The zero-order valence-electron chi connectivity index (χ0n) is 4.95. The Morgan fingerprint density at radius 2 is 2.00 bits per heavy atom. The Morgan fingerprint density at radius 3 is 2.10 bits per heavy atom. The van der Waals surface area contributed by atoms with Gasteiger partial charge in [0, 0.05) is 12.5 Å². The van der Waals surface area contributed by atoms with Gasteiger partial charge in [0.1, 0.15) is 0 Å². The highest BCUT2D eigenvalue weighted by Crippen LogP contribution is 2.57. The van der Waals surface area contributed by atoms with Gasteiger partial charge in [-0.3, -0.25) is 0 Å². The van der Waals surface area contributed by atoms with Crippen LogP contribution in [0.25, 0.3) is 0 Å². The highest BCUT2D eigenvalue weighted by molar-refractivity contribution is 5.08. The average Bonchev–Trinajstić information content (AvgIpc) is 2.41. The van der Waals surface area contributed by atoms with Crippen molar-refractivity contribution in [1.29, 1.82) is 0 Å². The molecule has 0 heterocycles. The van der Waals surface area contributed by atoms with Gasteiger partial charge in [-0.15, -0.1) is 0 Å². The smallest absolute Gasteiger partial charge is 0.396 e. The third-order valence-electron chi connectivity index (χ3n) is 1.72. The summed E-state index contributed by atoms with van der Waals surface area (Å²) in [6, 6.07) is 0. The monoisotopic (exact) mass is 158 g/mol. The second kappa shape index (κ2) is 1.84. The third-order valence-corrected chi connectivity index (χ3v) is 1.72. The first kappa shape index (κ1) is 7.78. The van der Waals surface area contributed by atoms with Gasteiger partial charge in [-0.25, -0.2) is 4.39 Å². The molecule has 1 aliphatic carbocycles. The van der Waals surface area contributed by atoms with Crippen LogP contribution in [0.15, 0.2) is 0 Å². The van der Waals surface area contributed by atoms with Crippen molar-refractivity contribution >= 4 is 0 Å². The normalized spacial score (nSPS) is 39.9. The summed E-state index contributed by atoms with van der Waals surface area (Å²) >= 11 is 0. The fraction of sp³-hybridized carbons (Fsp3) is 1.00. The van der Waals surface area contributed by atoms with Crippen molar-refractivity contribution in [3.05, 3.63) is 0 Å². The minimum Gasteiger partial charge on any atom is -0.396 e. The summed E-state index contributed by atoms with van der Waals surface area (Å²) in [5, 5.41) is 8.16. The molecule has 1 rings (SSSR count). The van der Waals surface area contributed by atoms with E-state index in [0.717, 1.165) is 0 Å². The summed E-state index contributed by atoms with van der Waals surface area (Å²) in [5.41, 5.74) is -3.10. The first-order valence-electron chi connectivity index (χ1n) is 2.78. The molecule has 0 aromatic heterocycles. The molecule has 0 aromatic carbocycles. The number of hydrogen-bond donors (Lipinski definition) is 1. The molecule has 1 saturated carbocycles. The molecule has 1 N–H and O–H groups in total. The molecule has 0 bridgehead atoms. The lowest BCUT2D eigenvalue weighted by atomic mass is 10.3. The average molecular weight is 158 g/mol. The van der Waals surface area contributed by atoms with Crippen molar-refractivity contribution in [3.63, 3.8) is 0 Å². The van der Waals surface area contributed by atoms with Crippen molar-refractivity contribution in [2.45, 2.75) is 18.3 Å². The fourth-order valence-corrected chi connectivity index (χ4v) is 0.856. The van der Waals surface area contributed by atoms with E-state index in [2.05, 4.69) is 0 Å². The first-order chi connectivity index (χ1) is 4.42. The Morgan fingerprint density at radius 1 is 1.50 bits per heavy atom. The van der Waals surface area contributed by atoms with Gasteiger partial charge in [0.2, 0.25) is 5.67 Å². The minimum absolute atomic E-state index is 0.590. The summed E-state index contributed by atoms with van der Waals surface area (Å²) in [7, 11) is 0. The maximum Gasteiger partial charge on any atom is 0.422 e. The van der Waals surface area contributed by atoms with Gasteiger partial charge < -0.3 is 5.11 Å². The number of rotatable bonds is 1. The summed E-state index contributed by atoms with van der Waals surface area (Å²) in [5.74, 6) is -1.23. The van der Waals surface area contributed by atoms with Crippen LogP contribution in [0.5, 0.6) is 0 Å². The van der Waals surface area contributed by atoms with E-state index in [4.69, 9.17) is 5.11 Å². The lowest BCUT2D eigenvalue weighted by Gasteiger charge is -2.10. The Kier molecular flexibility index (Phi) is 1.43. The zero-order chi connectivity index (χ0) is 7.99. The maximum absolute atomic E-state index is 12.4. The topological polar surface area (TPSA) is 20.2 Å². The molecule has 0 spiro atoms. The van der Waals surface area contributed by atoms with Gasteiger partial charge >= 0.3 is 6.18 Å². The molecule has 0 aromatic rings. The summed E-state index contributed by atoms with van der Waals surface area (Å²) in [6.07, 6.45) is -5.40. The van der Waals surface area contributed by atoms with E-state index in [1.807, 2.05) is 0 Å². The molecule has 0 amide bonds. The molecular formula is C5H6F4O. The Balaban J connectivity index is 2.59. The first-order valence-corrected chi connectivity index (χ1v) is 2.78. The van der Waals surface area contributed by atoms with Gasteiger partial charge in [-0.2, -0.15) is 13.2 Å². The molecule has 60 valence electrons. The van der Waals surface area contributed by atoms with E-state index in [-0.39, 0.29) is 0 Å². The SMILES string of the molecule is OC[C@H]1C[C@]1(F)C(F)(F)F. The van der Waals surface area contributed by atoms with Gasteiger partial charge in [-0.05, 0) is 6.42 Å². The van der Waals surface area contributed by atoms with Crippen LogP contribution in [0.4, 0.5) is 17.6 Å². The van der Waals surface area contributed by atoms with Crippen LogP contribution in [-0.4, -0.2) is 23.6 Å². The Hall–Kier alpha value is -0.320. The van der Waals surface area contributed by atoms with Crippen molar-refractivity contribution in [3.8, 4) is 0 Å². The molecule has 5 heteroatoms. The maximum atomic E-state index is 12.4. The molecule has 0 unspecified atom stereocenters. The molecule has 0 radical (unpaired) electrons. The summed E-state index contributed by atoms with van der Waals surface area (Å²) < 4.78 is 47.1. The van der Waals surface area contributed by atoms with E-state index in [0.29, 0.717) is 0 Å². The number of aliphatic hydroxyl groups is 1. The highest BCUT2D eigenvalue weighted by atomic mass is 19.4. The van der Waals surface area contributed by atoms with Crippen LogP contribution in [-0.2, 0) is 0 Å². The van der Waals surface area contributed by atoms with E-state index in [1.54, 1.807) is 0 Å². The van der Waals surface area contributed by atoms with Crippen molar-refractivity contribution in [2.75, 3.05) is 6.61 Å². The summed E-state index contributed by atoms with van der Waals surface area (Å²) in [4.78, 5) is 0. The number of alkyl halides is 4. The molecule has 0 saturated heterocycles. The zero-order valence-corrected chi connectivity index (χ0v) is 4.95. The molecular weight excluding hydrogens is 152 g/mol. The van der Waals surface area contributed by atoms with E-state index >= 15 is 0 Å². The van der Waals surface area contributed by atoms with E-state index in [1.165, 1.54) is 0 Å². The van der Waals surface area contributed by atoms with Crippen LogP contribution in [0, 0.1) is 5.92 Å². The van der Waals surface area contributed by atoms with Crippen LogP contribution in [0.1, 0.15) is 6.42 Å². The molecule has 0 aliphatic heterocycles. The standard InChI is InChI=1S/C5H6F4O/c6-4(5(7,8)9)1-3(4)2-10/h3,10H,1-2H2/t3-,4-/m1/s1. The predicted octanol–water partition coefficient (Wildman–Crippen LogP) is 1.27. The van der Waals surface area contributed by atoms with E-state index < -0.39 is 30.8 Å². The van der Waals surface area contributed by atoms with Crippen molar-refractivity contribution in [2.24, 2.45) is 5.92 Å². The lowest BCUT2D eigenvalue weighted by Crippen LogP contribution is -2.29. The molecule has 1 fully saturated rings. The predicted molar refractivity (Wildman–Crippen MR) is 25.1 cm³/mol. The minimum atomic E-state index is -4.81. The van der Waals surface area contributed by atoms with E-state index in [9.17, 15) is 17.6 Å². The number of hydrogen-bond acceptors (Lipinski definition) is 1. The number of halogens is 4. The Bertz CT molecular complexity index is 143. The Labute approximate surface area is 54.6 Å². The van der Waals surface area contributed by atoms with Crippen LogP contribution in [0.2, 0.25) is 0 Å². The van der Waals surface area contributed by atoms with Crippen LogP contribution in [0.3, 0.4) is 0 Å². The third kappa shape index (κ3) is 0.885. The van der Waals surface area contributed by atoms with Gasteiger partial charge in [0.05, 0.1) is 0 Å². The van der Waals surface area contributed by atoms with Gasteiger partial charge in [-0.1, -0.05) is 0 Å². The van der Waals surface area contributed by atoms with Crippen LogP contribution >= 0.6 is 0 Å². The highest BCUT2D eigenvalue weighted by Gasteiger charge is 2.72. The second-order valence-electron chi connectivity index (χ2n) is 2.44. The van der Waals surface area contributed by atoms with Crippen molar-refractivity contribution < 1.29 is 22.7 Å². The van der Waals surface area contributed by atoms with Crippen LogP contribution < -0.4 is 0 Å². The number of aliphatic hydroxyl groups excluding tert-OH is 1. The molecule has 2 atom stereocenters. The lowest BCUT2D eigenvalue weighted by molar-refractivity contribution is -0.198. The second-order valence-corrected chi connectivity index (χ2v) is 2.44. The van der Waals surface area contributed by atoms with Gasteiger partial charge in [0.25, 0.3) is 0 Å². The molecule has 10 heavy (non-hydrogen) atoms. The molecule has 1 aliphatic rings. The van der Waals surface area contributed by atoms with Crippen molar-refractivity contribution in [1.82, 2.24) is 0 Å². The quantitative estimate of drug-likeness (QED) is 0.569. The van der Waals surface area contributed by atoms with Gasteiger partial charge in [0.15, 0.2) is 0 Å². The fourth-order valence-electron chi connectivity index (χ4n) is 0.856. The largest absolute Gasteiger partial charge is 0.422 e.